The van der Waals surface area contributed by atoms with Gasteiger partial charge in [-0.15, -0.1) is 13.2 Å². The highest BCUT2D eigenvalue weighted by Gasteiger charge is 2.32. The second-order valence-corrected chi connectivity index (χ2v) is 5.11. The molecule has 1 N–H and O–H groups in total. The second kappa shape index (κ2) is 6.20. The van der Waals surface area contributed by atoms with Gasteiger partial charge in [0.15, 0.2) is 0 Å². The lowest BCUT2D eigenvalue weighted by Gasteiger charge is -2.33. The first-order valence-electron chi connectivity index (χ1n) is 6.37. The monoisotopic (exact) mass is 308 g/mol. The largest absolute Gasteiger partial charge is 0.573 e. The van der Waals surface area contributed by atoms with E-state index in [4.69, 9.17) is 11.6 Å². The second-order valence-electron chi connectivity index (χ2n) is 4.70. The highest BCUT2D eigenvalue weighted by atomic mass is 35.5. The molecule has 1 atom stereocenters. The summed E-state index contributed by atoms with van der Waals surface area (Å²) in [6.45, 7) is 5.64. The van der Waals surface area contributed by atoms with Crippen LogP contribution >= 0.6 is 11.6 Å². The predicted molar refractivity (Wildman–Crippen MR) is 71.0 cm³/mol. The lowest BCUT2D eigenvalue weighted by molar-refractivity contribution is -0.274. The van der Waals surface area contributed by atoms with Gasteiger partial charge in [0, 0.05) is 32.2 Å². The van der Waals surface area contributed by atoms with E-state index in [2.05, 4.69) is 15.0 Å². The Balaban J connectivity index is 2.11. The molecule has 0 radical (unpaired) electrons. The van der Waals surface area contributed by atoms with E-state index >= 15 is 0 Å². The van der Waals surface area contributed by atoms with Gasteiger partial charge in [-0.2, -0.15) is 0 Å². The first-order chi connectivity index (χ1) is 9.37. The van der Waals surface area contributed by atoms with E-state index in [9.17, 15) is 13.2 Å². The lowest BCUT2D eigenvalue weighted by Crippen LogP contribution is -2.44. The molecule has 112 valence electrons. The van der Waals surface area contributed by atoms with Gasteiger partial charge in [-0.25, -0.2) is 0 Å². The molecule has 0 amide bonds. The summed E-state index contributed by atoms with van der Waals surface area (Å²) in [6.07, 6.45) is -4.73. The van der Waals surface area contributed by atoms with E-state index in [0.717, 1.165) is 31.7 Å². The maximum atomic E-state index is 12.2. The summed E-state index contributed by atoms with van der Waals surface area (Å²) in [5.74, 6) is -0.365. The number of benzene rings is 1. The summed E-state index contributed by atoms with van der Waals surface area (Å²) < 4.78 is 40.4. The number of halogens is 4. The molecule has 1 heterocycles. The van der Waals surface area contributed by atoms with E-state index in [1.807, 2.05) is 6.92 Å². The third kappa shape index (κ3) is 4.01. The number of rotatable bonds is 3. The van der Waals surface area contributed by atoms with Crippen LogP contribution in [0.5, 0.6) is 5.75 Å². The smallest absolute Gasteiger partial charge is 0.404 e. The molecule has 1 fully saturated rings. The molecule has 0 spiro atoms. The average molecular weight is 309 g/mol. The van der Waals surface area contributed by atoms with Gasteiger partial charge in [0.1, 0.15) is 5.75 Å². The van der Waals surface area contributed by atoms with Gasteiger partial charge in [-0.05, 0) is 24.6 Å². The molecule has 1 saturated heterocycles. The van der Waals surface area contributed by atoms with E-state index in [-0.39, 0.29) is 16.8 Å². The standard InChI is InChI=1S/C13H16ClF3N2O/c1-9(19-6-4-18-5-7-19)10-2-3-12(11(14)8-10)20-13(15,16)17/h2-3,8-9,18H,4-7H2,1H3/t9-/m0/s1. The van der Waals surface area contributed by atoms with Crippen LogP contribution in [0.1, 0.15) is 18.5 Å². The minimum atomic E-state index is -4.73. The van der Waals surface area contributed by atoms with Crippen molar-refractivity contribution in [2.24, 2.45) is 0 Å². The maximum Gasteiger partial charge on any atom is 0.573 e. The Labute approximate surface area is 120 Å². The van der Waals surface area contributed by atoms with E-state index in [1.54, 1.807) is 6.07 Å². The topological polar surface area (TPSA) is 24.5 Å². The lowest BCUT2D eigenvalue weighted by atomic mass is 10.1. The predicted octanol–water partition coefficient (Wildman–Crippen LogP) is 3.20. The van der Waals surface area contributed by atoms with Crippen molar-refractivity contribution >= 4 is 11.6 Å². The number of piperazine rings is 1. The summed E-state index contributed by atoms with van der Waals surface area (Å²) in [5, 5.41) is 3.23. The molecular formula is C13H16ClF3N2O. The van der Waals surface area contributed by atoms with Crippen LogP contribution in [0.2, 0.25) is 5.02 Å². The third-order valence-corrected chi connectivity index (χ3v) is 3.66. The van der Waals surface area contributed by atoms with Crippen molar-refractivity contribution in [1.29, 1.82) is 0 Å². The quantitative estimate of drug-likeness (QED) is 0.928. The molecule has 0 aliphatic carbocycles. The number of ether oxygens (including phenoxy) is 1. The molecule has 1 aromatic carbocycles. The van der Waals surface area contributed by atoms with Gasteiger partial charge in [-0.1, -0.05) is 17.7 Å². The van der Waals surface area contributed by atoms with Gasteiger partial charge in [-0.3, -0.25) is 4.90 Å². The Morgan fingerprint density at radius 1 is 1.30 bits per heavy atom. The van der Waals surface area contributed by atoms with Crippen LogP contribution < -0.4 is 10.1 Å². The van der Waals surface area contributed by atoms with Gasteiger partial charge >= 0.3 is 6.36 Å². The Hall–Kier alpha value is -0.980. The normalized spacial score (nSPS) is 18.9. The molecule has 0 aromatic heterocycles. The molecule has 3 nitrogen and oxygen atoms in total. The highest BCUT2D eigenvalue weighted by Crippen LogP contribution is 2.33. The van der Waals surface area contributed by atoms with Gasteiger partial charge in [0.25, 0.3) is 0 Å². The molecule has 1 aromatic rings. The third-order valence-electron chi connectivity index (χ3n) is 3.36. The van der Waals surface area contributed by atoms with E-state index < -0.39 is 6.36 Å². The number of nitrogens with one attached hydrogen (secondary N) is 1. The Morgan fingerprint density at radius 3 is 2.50 bits per heavy atom. The number of nitrogens with zero attached hydrogens (tertiary/aromatic N) is 1. The SMILES string of the molecule is C[C@@H](c1ccc(OC(F)(F)F)c(Cl)c1)N1CCNCC1. The minimum Gasteiger partial charge on any atom is -0.404 e. The summed E-state index contributed by atoms with van der Waals surface area (Å²) in [7, 11) is 0. The fraction of sp³-hybridized carbons (Fsp3) is 0.538. The van der Waals surface area contributed by atoms with Crippen LogP contribution in [0.4, 0.5) is 13.2 Å². The molecule has 20 heavy (non-hydrogen) atoms. The van der Waals surface area contributed by atoms with Crippen LogP contribution in [-0.4, -0.2) is 37.4 Å². The van der Waals surface area contributed by atoms with Gasteiger partial charge in [0.05, 0.1) is 5.02 Å². The maximum absolute atomic E-state index is 12.2. The Morgan fingerprint density at radius 2 is 1.95 bits per heavy atom. The van der Waals surface area contributed by atoms with Gasteiger partial charge < -0.3 is 10.1 Å². The fourth-order valence-electron chi connectivity index (χ4n) is 2.26. The van der Waals surface area contributed by atoms with Crippen LogP contribution in [0.3, 0.4) is 0 Å². The zero-order valence-electron chi connectivity index (χ0n) is 11.0. The first kappa shape index (κ1) is 15.4. The molecule has 0 bridgehead atoms. The van der Waals surface area contributed by atoms with Crippen LogP contribution in [0.15, 0.2) is 18.2 Å². The Kier molecular flexibility index (Phi) is 4.78. The van der Waals surface area contributed by atoms with Crippen LogP contribution in [0.25, 0.3) is 0 Å². The van der Waals surface area contributed by atoms with Crippen molar-refractivity contribution in [2.75, 3.05) is 26.2 Å². The number of hydrogen-bond acceptors (Lipinski definition) is 3. The average Bonchev–Trinajstić information content (AvgIpc) is 2.40. The summed E-state index contributed by atoms with van der Waals surface area (Å²) >= 11 is 5.86. The molecule has 0 unspecified atom stereocenters. The minimum absolute atomic E-state index is 0.0261. The first-order valence-corrected chi connectivity index (χ1v) is 6.74. The number of hydrogen-bond donors (Lipinski definition) is 1. The van der Waals surface area contributed by atoms with Crippen LogP contribution in [-0.2, 0) is 0 Å². The van der Waals surface area contributed by atoms with Gasteiger partial charge in [0.2, 0.25) is 0 Å². The molecule has 1 aliphatic heterocycles. The van der Waals surface area contributed by atoms with Crippen molar-refractivity contribution in [2.45, 2.75) is 19.3 Å². The molecule has 7 heteroatoms. The molecule has 0 saturated carbocycles. The van der Waals surface area contributed by atoms with Crippen LogP contribution in [0, 0.1) is 0 Å². The highest BCUT2D eigenvalue weighted by molar-refractivity contribution is 6.32. The molecule has 2 rings (SSSR count). The Bertz CT molecular complexity index is 461. The van der Waals surface area contributed by atoms with E-state index in [0.29, 0.717) is 0 Å². The van der Waals surface area contributed by atoms with Crippen molar-refractivity contribution in [1.82, 2.24) is 10.2 Å². The van der Waals surface area contributed by atoms with E-state index in [1.165, 1.54) is 12.1 Å². The zero-order chi connectivity index (χ0) is 14.8. The summed E-state index contributed by atoms with van der Waals surface area (Å²) in [4.78, 5) is 2.26. The summed E-state index contributed by atoms with van der Waals surface area (Å²) in [6, 6.07) is 4.54. The van der Waals surface area contributed by atoms with Crippen molar-refractivity contribution in [3.63, 3.8) is 0 Å². The van der Waals surface area contributed by atoms with Crippen molar-refractivity contribution in [3.8, 4) is 5.75 Å². The van der Waals surface area contributed by atoms with Crippen molar-refractivity contribution in [3.05, 3.63) is 28.8 Å². The zero-order valence-corrected chi connectivity index (χ0v) is 11.8. The van der Waals surface area contributed by atoms with Crippen molar-refractivity contribution < 1.29 is 17.9 Å². The summed E-state index contributed by atoms with van der Waals surface area (Å²) in [5.41, 5.74) is 0.881. The number of alkyl halides is 3. The molecule has 1 aliphatic rings. The molecular weight excluding hydrogens is 293 g/mol. The fourth-order valence-corrected chi connectivity index (χ4v) is 2.49.